The van der Waals surface area contributed by atoms with Crippen LogP contribution >= 0.6 is 0 Å². The standard InChI is InChI=1S/C9H18N2O2S/c10-9-3-8(4-9)5-11-14(12,13)6-7-1-2-7/h7-9,11H,1-6,10H2. The van der Waals surface area contributed by atoms with Gasteiger partial charge in [-0.1, -0.05) is 0 Å². The molecule has 14 heavy (non-hydrogen) atoms. The van der Waals surface area contributed by atoms with Gasteiger partial charge < -0.3 is 5.73 Å². The molecule has 0 aromatic rings. The molecule has 5 heteroatoms. The predicted octanol–water partition coefficient (Wildman–Crippen LogP) is 0.0531. The number of hydrogen-bond acceptors (Lipinski definition) is 3. The molecule has 0 spiro atoms. The van der Waals surface area contributed by atoms with Crippen molar-refractivity contribution in [3.8, 4) is 0 Å². The lowest BCUT2D eigenvalue weighted by molar-refractivity contribution is 0.267. The zero-order chi connectivity index (χ0) is 10.2. The molecular formula is C9H18N2O2S. The molecule has 82 valence electrons. The summed E-state index contributed by atoms with van der Waals surface area (Å²) in [5.74, 6) is 1.22. The fourth-order valence-electron chi connectivity index (χ4n) is 1.85. The largest absolute Gasteiger partial charge is 0.328 e. The molecule has 4 nitrogen and oxygen atoms in total. The summed E-state index contributed by atoms with van der Waals surface area (Å²) < 4.78 is 25.6. The van der Waals surface area contributed by atoms with Crippen LogP contribution in [0.3, 0.4) is 0 Å². The van der Waals surface area contributed by atoms with Gasteiger partial charge >= 0.3 is 0 Å². The topological polar surface area (TPSA) is 72.2 Å². The van der Waals surface area contributed by atoms with E-state index in [0.29, 0.717) is 30.2 Å². The SMILES string of the molecule is NC1CC(CNS(=O)(=O)CC2CC2)C1. The Morgan fingerprint density at radius 1 is 1.21 bits per heavy atom. The van der Waals surface area contributed by atoms with E-state index in [9.17, 15) is 8.42 Å². The number of rotatable bonds is 5. The Kier molecular flexibility index (Phi) is 2.81. The van der Waals surface area contributed by atoms with E-state index < -0.39 is 10.0 Å². The monoisotopic (exact) mass is 218 g/mol. The molecular weight excluding hydrogens is 200 g/mol. The van der Waals surface area contributed by atoms with Crippen LogP contribution in [-0.4, -0.2) is 26.8 Å². The first-order valence-corrected chi connectivity index (χ1v) is 6.93. The molecule has 2 fully saturated rings. The van der Waals surface area contributed by atoms with E-state index in [1.807, 2.05) is 0 Å². The third kappa shape index (κ3) is 2.93. The van der Waals surface area contributed by atoms with Gasteiger partial charge in [-0.2, -0.15) is 0 Å². The second kappa shape index (κ2) is 3.79. The number of hydrogen-bond donors (Lipinski definition) is 2. The van der Waals surface area contributed by atoms with Gasteiger partial charge in [0.25, 0.3) is 0 Å². The highest BCUT2D eigenvalue weighted by Gasteiger charge is 2.30. The summed E-state index contributed by atoms with van der Waals surface area (Å²) in [7, 11) is -3.00. The minimum atomic E-state index is -3.00. The zero-order valence-corrected chi connectivity index (χ0v) is 9.09. The van der Waals surface area contributed by atoms with E-state index in [2.05, 4.69) is 4.72 Å². The molecule has 2 rings (SSSR count). The van der Waals surface area contributed by atoms with Crippen molar-refractivity contribution in [2.45, 2.75) is 31.7 Å². The molecule has 3 N–H and O–H groups in total. The van der Waals surface area contributed by atoms with Crippen molar-refractivity contribution in [3.63, 3.8) is 0 Å². The van der Waals surface area contributed by atoms with Crippen molar-refractivity contribution in [1.82, 2.24) is 4.72 Å². The Hall–Kier alpha value is -0.130. The first-order valence-electron chi connectivity index (χ1n) is 5.28. The Bertz CT molecular complexity index is 292. The Balaban J connectivity index is 1.68. The molecule has 0 heterocycles. The van der Waals surface area contributed by atoms with E-state index in [1.165, 1.54) is 0 Å². The molecule has 0 radical (unpaired) electrons. The second-order valence-electron chi connectivity index (χ2n) is 4.67. The Morgan fingerprint density at radius 2 is 1.86 bits per heavy atom. The van der Waals surface area contributed by atoms with Crippen molar-refractivity contribution >= 4 is 10.0 Å². The van der Waals surface area contributed by atoms with E-state index >= 15 is 0 Å². The molecule has 2 aliphatic carbocycles. The first kappa shape index (κ1) is 10.4. The normalized spacial score (nSPS) is 32.6. The van der Waals surface area contributed by atoms with Crippen molar-refractivity contribution in [2.75, 3.05) is 12.3 Å². The third-order valence-electron chi connectivity index (χ3n) is 3.02. The van der Waals surface area contributed by atoms with E-state index in [-0.39, 0.29) is 0 Å². The molecule has 0 aliphatic heterocycles. The van der Waals surface area contributed by atoms with Crippen molar-refractivity contribution in [2.24, 2.45) is 17.6 Å². The second-order valence-corrected chi connectivity index (χ2v) is 6.52. The van der Waals surface area contributed by atoms with Crippen molar-refractivity contribution in [1.29, 1.82) is 0 Å². The third-order valence-corrected chi connectivity index (χ3v) is 4.53. The molecule has 2 saturated carbocycles. The molecule has 0 aromatic heterocycles. The minimum Gasteiger partial charge on any atom is -0.328 e. The highest BCUT2D eigenvalue weighted by Crippen LogP contribution is 2.30. The summed E-state index contributed by atoms with van der Waals surface area (Å²) in [6.07, 6.45) is 4.09. The van der Waals surface area contributed by atoms with Crippen LogP contribution < -0.4 is 10.5 Å². The highest BCUT2D eigenvalue weighted by atomic mass is 32.2. The van der Waals surface area contributed by atoms with Gasteiger partial charge in [-0.15, -0.1) is 0 Å². The molecule has 0 amide bonds. The summed E-state index contributed by atoms with van der Waals surface area (Å²) in [4.78, 5) is 0. The number of sulfonamides is 1. The molecule has 0 aromatic carbocycles. The quantitative estimate of drug-likeness (QED) is 0.685. The van der Waals surface area contributed by atoms with Gasteiger partial charge in [-0.25, -0.2) is 13.1 Å². The molecule has 2 aliphatic rings. The Morgan fingerprint density at radius 3 is 2.36 bits per heavy atom. The average molecular weight is 218 g/mol. The maximum Gasteiger partial charge on any atom is 0.211 e. The fourth-order valence-corrected chi connectivity index (χ4v) is 3.41. The van der Waals surface area contributed by atoms with Crippen LogP contribution in [-0.2, 0) is 10.0 Å². The molecule has 0 saturated heterocycles. The minimum absolute atomic E-state index is 0.299. The first-order chi connectivity index (χ1) is 6.55. The van der Waals surface area contributed by atoms with Gasteiger partial charge in [-0.05, 0) is 37.5 Å². The smallest absolute Gasteiger partial charge is 0.211 e. The summed E-state index contributed by atoms with van der Waals surface area (Å²) in [6.45, 7) is 0.586. The fraction of sp³-hybridized carbons (Fsp3) is 1.00. The zero-order valence-electron chi connectivity index (χ0n) is 8.28. The Labute approximate surface area is 85.3 Å². The van der Waals surface area contributed by atoms with Crippen LogP contribution in [0.15, 0.2) is 0 Å². The van der Waals surface area contributed by atoms with E-state index in [4.69, 9.17) is 5.73 Å². The van der Waals surface area contributed by atoms with Crippen LogP contribution in [0.2, 0.25) is 0 Å². The van der Waals surface area contributed by atoms with Crippen LogP contribution in [0.1, 0.15) is 25.7 Å². The lowest BCUT2D eigenvalue weighted by Crippen LogP contribution is -2.43. The summed E-state index contributed by atoms with van der Waals surface area (Å²) in [5.41, 5.74) is 5.62. The van der Waals surface area contributed by atoms with Gasteiger partial charge in [0, 0.05) is 12.6 Å². The molecule has 0 atom stereocenters. The summed E-state index contributed by atoms with van der Waals surface area (Å²) in [5, 5.41) is 0. The van der Waals surface area contributed by atoms with E-state index in [0.717, 1.165) is 25.7 Å². The van der Waals surface area contributed by atoms with Gasteiger partial charge in [0.15, 0.2) is 0 Å². The number of nitrogens with one attached hydrogen (secondary N) is 1. The highest BCUT2D eigenvalue weighted by molar-refractivity contribution is 7.89. The lowest BCUT2D eigenvalue weighted by atomic mass is 9.81. The predicted molar refractivity (Wildman–Crippen MR) is 55.2 cm³/mol. The van der Waals surface area contributed by atoms with Gasteiger partial charge in [-0.3, -0.25) is 0 Å². The average Bonchev–Trinajstić information content (AvgIpc) is 2.79. The van der Waals surface area contributed by atoms with Crippen LogP contribution in [0, 0.1) is 11.8 Å². The van der Waals surface area contributed by atoms with E-state index in [1.54, 1.807) is 0 Å². The van der Waals surface area contributed by atoms with Crippen LogP contribution in [0.5, 0.6) is 0 Å². The maximum absolute atomic E-state index is 11.5. The molecule has 0 bridgehead atoms. The lowest BCUT2D eigenvalue weighted by Gasteiger charge is -2.32. The van der Waals surface area contributed by atoms with Gasteiger partial charge in [0.2, 0.25) is 10.0 Å². The molecule has 0 unspecified atom stereocenters. The summed E-state index contributed by atoms with van der Waals surface area (Å²) >= 11 is 0. The van der Waals surface area contributed by atoms with Gasteiger partial charge in [0.1, 0.15) is 0 Å². The van der Waals surface area contributed by atoms with Gasteiger partial charge in [0.05, 0.1) is 5.75 Å². The van der Waals surface area contributed by atoms with Crippen LogP contribution in [0.25, 0.3) is 0 Å². The number of nitrogens with two attached hydrogens (primary N) is 1. The van der Waals surface area contributed by atoms with Crippen LogP contribution in [0.4, 0.5) is 0 Å². The summed E-state index contributed by atoms with van der Waals surface area (Å²) in [6, 6.07) is 0.299. The van der Waals surface area contributed by atoms with Crippen molar-refractivity contribution < 1.29 is 8.42 Å². The maximum atomic E-state index is 11.5. The van der Waals surface area contributed by atoms with Crippen molar-refractivity contribution in [3.05, 3.63) is 0 Å².